The Balaban J connectivity index is 1.67. The number of aliphatic imine (C=N–C) groups is 1. The quantitative estimate of drug-likeness (QED) is 0.740. The summed E-state index contributed by atoms with van der Waals surface area (Å²) >= 11 is 4.55. The normalized spacial score (nSPS) is 15.1. The molecule has 1 N–H and O–H groups in total. The van der Waals surface area contributed by atoms with Crippen LogP contribution in [0.15, 0.2) is 62.9 Å². The first-order chi connectivity index (χ1) is 12.5. The van der Waals surface area contributed by atoms with E-state index in [1.165, 1.54) is 6.92 Å². The van der Waals surface area contributed by atoms with Gasteiger partial charge in [-0.2, -0.15) is 4.99 Å². The van der Waals surface area contributed by atoms with Crippen LogP contribution < -0.4 is 10.1 Å². The molecule has 0 aromatic heterocycles. The fourth-order valence-corrected chi connectivity index (χ4v) is 3.33. The van der Waals surface area contributed by atoms with E-state index in [1.54, 1.807) is 6.08 Å². The molecule has 1 aliphatic rings. The largest absolute Gasteiger partial charge is 0.489 e. The maximum atomic E-state index is 11.9. The third-order valence-electron chi connectivity index (χ3n) is 3.38. The standard InChI is InChI=1S/C19H15BrN2O3S/c1-12(23)21-19-22-18(24)17(26-19)10-14-3-2-4-16(9-14)25-11-13-5-7-15(20)8-6-13/h2-10H,11H2,1H3,(H,21,22,23,24)/b17-10+. The van der Waals surface area contributed by atoms with E-state index in [-0.39, 0.29) is 11.8 Å². The van der Waals surface area contributed by atoms with Crippen molar-refractivity contribution in [3.05, 3.63) is 69.0 Å². The molecule has 0 atom stereocenters. The lowest BCUT2D eigenvalue weighted by atomic mass is 10.2. The Labute approximate surface area is 163 Å². The smallest absolute Gasteiger partial charge is 0.286 e. The van der Waals surface area contributed by atoms with Gasteiger partial charge < -0.3 is 10.1 Å². The van der Waals surface area contributed by atoms with Crippen molar-refractivity contribution < 1.29 is 14.3 Å². The second-order valence-electron chi connectivity index (χ2n) is 5.50. The molecule has 0 saturated carbocycles. The number of halogens is 1. The average Bonchev–Trinajstić information content (AvgIpc) is 2.93. The summed E-state index contributed by atoms with van der Waals surface area (Å²) in [4.78, 5) is 27.3. The second kappa shape index (κ2) is 8.33. The SMILES string of the molecule is CC(=O)NC1=NC(=O)/C(=C\c2cccc(OCc3ccc(Br)cc3)c2)S1. The topological polar surface area (TPSA) is 67.8 Å². The Kier molecular flexibility index (Phi) is 5.90. The molecule has 3 rings (SSSR count). The van der Waals surface area contributed by atoms with Crippen LogP contribution in [0.3, 0.4) is 0 Å². The summed E-state index contributed by atoms with van der Waals surface area (Å²) < 4.78 is 6.84. The number of ether oxygens (including phenoxy) is 1. The molecule has 1 heterocycles. The van der Waals surface area contributed by atoms with Crippen LogP contribution in [0.2, 0.25) is 0 Å². The summed E-state index contributed by atoms with van der Waals surface area (Å²) in [6.45, 7) is 1.83. The molecule has 0 aliphatic carbocycles. The molecule has 132 valence electrons. The van der Waals surface area contributed by atoms with E-state index >= 15 is 0 Å². The van der Waals surface area contributed by atoms with Gasteiger partial charge in [0.15, 0.2) is 5.17 Å². The van der Waals surface area contributed by atoms with Crippen LogP contribution in [0.25, 0.3) is 6.08 Å². The number of rotatable bonds is 4. The van der Waals surface area contributed by atoms with Crippen molar-refractivity contribution in [2.45, 2.75) is 13.5 Å². The predicted molar refractivity (Wildman–Crippen MR) is 107 cm³/mol. The highest BCUT2D eigenvalue weighted by molar-refractivity contribution is 9.10. The first kappa shape index (κ1) is 18.4. The molecule has 2 aromatic rings. The minimum absolute atomic E-state index is 0.256. The van der Waals surface area contributed by atoms with Crippen molar-refractivity contribution in [3.8, 4) is 5.75 Å². The van der Waals surface area contributed by atoms with E-state index in [0.717, 1.165) is 27.4 Å². The molecule has 0 bridgehead atoms. The number of nitrogens with zero attached hydrogens (tertiary/aromatic N) is 1. The molecule has 0 fully saturated rings. The Hall–Kier alpha value is -2.38. The minimum Gasteiger partial charge on any atom is -0.489 e. The zero-order chi connectivity index (χ0) is 18.5. The third-order valence-corrected chi connectivity index (χ3v) is 4.81. The van der Waals surface area contributed by atoms with Crippen LogP contribution in [0.1, 0.15) is 18.1 Å². The van der Waals surface area contributed by atoms with Crippen molar-refractivity contribution in [2.24, 2.45) is 4.99 Å². The number of carbonyl (C=O) groups is 2. The van der Waals surface area contributed by atoms with Gasteiger partial charge in [-0.25, -0.2) is 0 Å². The molecule has 1 aliphatic heterocycles. The monoisotopic (exact) mass is 430 g/mol. The lowest BCUT2D eigenvalue weighted by molar-refractivity contribution is -0.117. The van der Waals surface area contributed by atoms with Gasteiger partial charge in [0.25, 0.3) is 5.91 Å². The molecule has 26 heavy (non-hydrogen) atoms. The summed E-state index contributed by atoms with van der Waals surface area (Å²) in [6, 6.07) is 15.4. The van der Waals surface area contributed by atoms with Crippen LogP contribution in [0.4, 0.5) is 0 Å². The number of carbonyl (C=O) groups excluding carboxylic acids is 2. The number of thioether (sulfide) groups is 1. The molecule has 0 spiro atoms. The molecule has 0 unspecified atom stereocenters. The fourth-order valence-electron chi connectivity index (χ4n) is 2.21. The van der Waals surface area contributed by atoms with Gasteiger partial charge in [-0.3, -0.25) is 9.59 Å². The van der Waals surface area contributed by atoms with Gasteiger partial charge in [-0.05, 0) is 53.2 Å². The van der Waals surface area contributed by atoms with Crippen molar-refractivity contribution in [2.75, 3.05) is 0 Å². The summed E-state index contributed by atoms with van der Waals surface area (Å²) in [5.74, 6) is 0.0919. The highest BCUT2D eigenvalue weighted by Gasteiger charge is 2.22. The van der Waals surface area contributed by atoms with E-state index in [9.17, 15) is 9.59 Å². The van der Waals surface area contributed by atoms with Crippen molar-refractivity contribution in [1.29, 1.82) is 0 Å². The predicted octanol–water partition coefficient (Wildman–Crippen LogP) is 4.13. The maximum Gasteiger partial charge on any atom is 0.286 e. The van der Waals surface area contributed by atoms with Gasteiger partial charge in [0, 0.05) is 11.4 Å². The number of hydrogen-bond acceptors (Lipinski definition) is 4. The lowest BCUT2D eigenvalue weighted by Crippen LogP contribution is -2.23. The van der Waals surface area contributed by atoms with Gasteiger partial charge >= 0.3 is 0 Å². The van der Waals surface area contributed by atoms with Gasteiger partial charge in [-0.1, -0.05) is 40.2 Å². The van der Waals surface area contributed by atoms with E-state index in [1.807, 2.05) is 48.5 Å². The number of amides is 2. The highest BCUT2D eigenvalue weighted by atomic mass is 79.9. The van der Waals surface area contributed by atoms with Crippen LogP contribution >= 0.6 is 27.7 Å². The molecule has 0 saturated heterocycles. The van der Waals surface area contributed by atoms with Crippen molar-refractivity contribution in [3.63, 3.8) is 0 Å². The fraction of sp³-hybridized carbons (Fsp3) is 0.105. The first-order valence-electron chi connectivity index (χ1n) is 7.77. The molecular weight excluding hydrogens is 416 g/mol. The minimum atomic E-state index is -0.361. The van der Waals surface area contributed by atoms with Crippen molar-refractivity contribution >= 4 is 50.7 Å². The average molecular weight is 431 g/mol. The third kappa shape index (κ3) is 5.06. The van der Waals surface area contributed by atoms with Gasteiger partial charge in [-0.15, -0.1) is 0 Å². The van der Waals surface area contributed by atoms with Crippen molar-refractivity contribution in [1.82, 2.24) is 5.32 Å². The molecule has 2 amide bonds. The van der Waals surface area contributed by atoms with Crippen LogP contribution in [0.5, 0.6) is 5.75 Å². The summed E-state index contributed by atoms with van der Waals surface area (Å²) in [7, 11) is 0. The van der Waals surface area contributed by atoms with Gasteiger partial charge in [0.05, 0.1) is 4.91 Å². The van der Waals surface area contributed by atoms with Gasteiger partial charge in [0.2, 0.25) is 5.91 Å². The molecule has 7 heteroatoms. The Morgan fingerprint density at radius 1 is 1.27 bits per heavy atom. The van der Waals surface area contributed by atoms with E-state index in [2.05, 4.69) is 26.2 Å². The zero-order valence-electron chi connectivity index (χ0n) is 13.9. The first-order valence-corrected chi connectivity index (χ1v) is 9.38. The summed E-state index contributed by atoms with van der Waals surface area (Å²) in [5, 5.41) is 2.83. The van der Waals surface area contributed by atoms with E-state index in [4.69, 9.17) is 4.74 Å². The lowest BCUT2D eigenvalue weighted by Gasteiger charge is -2.07. The molecule has 2 aromatic carbocycles. The zero-order valence-corrected chi connectivity index (χ0v) is 16.3. The number of benzene rings is 2. The van der Waals surface area contributed by atoms with E-state index < -0.39 is 0 Å². The maximum absolute atomic E-state index is 11.9. The second-order valence-corrected chi connectivity index (χ2v) is 7.45. The summed E-state index contributed by atoms with van der Waals surface area (Å²) in [6.07, 6.45) is 1.73. The van der Waals surface area contributed by atoms with E-state index in [0.29, 0.717) is 22.4 Å². The molecule has 5 nitrogen and oxygen atoms in total. The highest BCUT2D eigenvalue weighted by Crippen LogP contribution is 2.28. The Bertz CT molecular complexity index is 907. The number of hydrogen-bond donors (Lipinski definition) is 1. The number of nitrogens with one attached hydrogen (secondary N) is 1. The van der Waals surface area contributed by atoms with Gasteiger partial charge in [0.1, 0.15) is 12.4 Å². The Morgan fingerprint density at radius 2 is 2.04 bits per heavy atom. The summed E-state index contributed by atoms with van der Waals surface area (Å²) in [5.41, 5.74) is 1.89. The van der Waals surface area contributed by atoms with Crippen LogP contribution in [0, 0.1) is 0 Å². The Morgan fingerprint density at radius 3 is 2.77 bits per heavy atom. The number of amidine groups is 1. The van der Waals surface area contributed by atoms with Crippen LogP contribution in [-0.2, 0) is 16.2 Å². The molecule has 0 radical (unpaired) electrons. The molecular formula is C19H15BrN2O3S. The van der Waals surface area contributed by atoms with Crippen LogP contribution in [-0.4, -0.2) is 17.0 Å².